The fourth-order valence-electron chi connectivity index (χ4n) is 2.86. The summed E-state index contributed by atoms with van der Waals surface area (Å²) in [6.45, 7) is 2.54. The van der Waals surface area contributed by atoms with Gasteiger partial charge in [-0.05, 0) is 25.7 Å². The zero-order valence-electron chi connectivity index (χ0n) is 11.8. The van der Waals surface area contributed by atoms with Crippen molar-refractivity contribution in [3.05, 3.63) is 11.9 Å². The van der Waals surface area contributed by atoms with Gasteiger partial charge in [0.1, 0.15) is 6.10 Å². The van der Waals surface area contributed by atoms with Crippen molar-refractivity contribution in [2.75, 3.05) is 6.61 Å². The second-order valence-electron chi connectivity index (χ2n) is 5.30. The average molecular weight is 265 g/mol. The number of aromatic nitrogens is 3. The van der Waals surface area contributed by atoms with Gasteiger partial charge >= 0.3 is 0 Å². The number of carbonyl (C=O) groups excluding carboxylic acids is 1. The number of rotatable bonds is 6. The van der Waals surface area contributed by atoms with E-state index in [1.54, 1.807) is 10.9 Å². The van der Waals surface area contributed by atoms with Gasteiger partial charge in [0.2, 0.25) is 0 Å². The van der Waals surface area contributed by atoms with Crippen LogP contribution in [-0.2, 0) is 23.0 Å². The third-order valence-corrected chi connectivity index (χ3v) is 3.75. The van der Waals surface area contributed by atoms with Crippen LogP contribution in [0.4, 0.5) is 0 Å². The molecule has 5 heteroatoms. The molecule has 0 aliphatic heterocycles. The standard InChI is InChI=1S/C14H23N3O2/c1-3-19-14(11-7-5-4-6-8-11)13(18)9-12-10-17(2)16-15-12/h10-11,14H,3-9H2,1-2H3. The van der Waals surface area contributed by atoms with E-state index in [-0.39, 0.29) is 11.9 Å². The molecular weight excluding hydrogens is 242 g/mol. The minimum Gasteiger partial charge on any atom is -0.370 e. The number of ketones is 1. The molecule has 0 bridgehead atoms. The zero-order valence-corrected chi connectivity index (χ0v) is 11.8. The van der Waals surface area contributed by atoms with Crippen molar-refractivity contribution in [3.8, 4) is 0 Å². The first-order chi connectivity index (χ1) is 9.20. The first-order valence-electron chi connectivity index (χ1n) is 7.20. The van der Waals surface area contributed by atoms with E-state index in [4.69, 9.17) is 4.74 Å². The maximum absolute atomic E-state index is 12.4. The number of hydrogen-bond acceptors (Lipinski definition) is 4. The van der Waals surface area contributed by atoms with Crippen LogP contribution in [-0.4, -0.2) is 33.5 Å². The molecule has 106 valence electrons. The van der Waals surface area contributed by atoms with Crippen LogP contribution in [0.15, 0.2) is 6.20 Å². The molecule has 0 saturated heterocycles. The van der Waals surface area contributed by atoms with Gasteiger partial charge in [-0.2, -0.15) is 0 Å². The predicted octanol–water partition coefficient (Wildman–Crippen LogP) is 1.91. The molecule has 0 spiro atoms. The van der Waals surface area contributed by atoms with E-state index in [0.29, 0.717) is 18.9 Å². The zero-order chi connectivity index (χ0) is 13.7. The number of aryl methyl sites for hydroxylation is 1. The van der Waals surface area contributed by atoms with Crippen LogP contribution in [0.5, 0.6) is 0 Å². The van der Waals surface area contributed by atoms with Gasteiger partial charge in [0.15, 0.2) is 5.78 Å². The van der Waals surface area contributed by atoms with Crippen molar-refractivity contribution in [2.45, 2.75) is 51.6 Å². The first kappa shape index (κ1) is 14.2. The van der Waals surface area contributed by atoms with Gasteiger partial charge in [0, 0.05) is 19.9 Å². The molecule has 5 nitrogen and oxygen atoms in total. The largest absolute Gasteiger partial charge is 0.370 e. The fraction of sp³-hybridized carbons (Fsp3) is 0.786. The highest BCUT2D eigenvalue weighted by Crippen LogP contribution is 2.28. The van der Waals surface area contributed by atoms with Crippen LogP contribution in [0.3, 0.4) is 0 Å². The summed E-state index contributed by atoms with van der Waals surface area (Å²) in [5, 5.41) is 7.84. The minimum atomic E-state index is -0.257. The molecule has 1 aliphatic carbocycles. The van der Waals surface area contributed by atoms with Crippen LogP contribution in [0, 0.1) is 5.92 Å². The van der Waals surface area contributed by atoms with Crippen molar-refractivity contribution in [2.24, 2.45) is 13.0 Å². The molecular formula is C14H23N3O2. The molecule has 1 aliphatic rings. The molecule has 1 aromatic rings. The third-order valence-electron chi connectivity index (χ3n) is 3.75. The van der Waals surface area contributed by atoms with Gasteiger partial charge in [-0.25, -0.2) is 0 Å². The Kier molecular flexibility index (Phi) is 5.07. The molecule has 2 rings (SSSR count). The monoisotopic (exact) mass is 265 g/mol. The van der Waals surface area contributed by atoms with E-state index in [0.717, 1.165) is 18.5 Å². The van der Waals surface area contributed by atoms with Crippen molar-refractivity contribution >= 4 is 5.78 Å². The van der Waals surface area contributed by atoms with Gasteiger partial charge in [-0.1, -0.05) is 24.5 Å². The van der Waals surface area contributed by atoms with E-state index >= 15 is 0 Å². The van der Waals surface area contributed by atoms with E-state index in [9.17, 15) is 4.79 Å². The van der Waals surface area contributed by atoms with E-state index in [1.807, 2.05) is 14.0 Å². The summed E-state index contributed by atoms with van der Waals surface area (Å²) in [5.74, 6) is 0.534. The molecule has 1 saturated carbocycles. The molecule has 19 heavy (non-hydrogen) atoms. The number of nitrogens with zero attached hydrogens (tertiary/aromatic N) is 3. The molecule has 0 radical (unpaired) electrons. The Morgan fingerprint density at radius 3 is 2.79 bits per heavy atom. The molecule has 1 fully saturated rings. The smallest absolute Gasteiger partial charge is 0.167 e. The Labute approximate surface area is 114 Å². The Hall–Kier alpha value is -1.23. The Bertz CT molecular complexity index is 411. The molecule has 0 N–H and O–H groups in total. The van der Waals surface area contributed by atoms with Crippen molar-refractivity contribution in [1.82, 2.24) is 15.0 Å². The summed E-state index contributed by atoms with van der Waals surface area (Å²) >= 11 is 0. The lowest BCUT2D eigenvalue weighted by atomic mass is 9.83. The minimum absolute atomic E-state index is 0.147. The molecule has 1 unspecified atom stereocenters. The van der Waals surface area contributed by atoms with Crippen LogP contribution in [0.2, 0.25) is 0 Å². The van der Waals surface area contributed by atoms with Crippen LogP contribution < -0.4 is 0 Å². The molecule has 0 aromatic carbocycles. The molecule has 0 amide bonds. The lowest BCUT2D eigenvalue weighted by molar-refractivity contribution is -0.134. The molecule has 1 aromatic heterocycles. The van der Waals surface area contributed by atoms with Gasteiger partial charge in [0.25, 0.3) is 0 Å². The lowest BCUT2D eigenvalue weighted by Gasteiger charge is -2.28. The normalized spacial score (nSPS) is 18.4. The second kappa shape index (κ2) is 6.80. The SMILES string of the molecule is CCOC(C(=O)Cc1cn(C)nn1)C1CCCCC1. The number of Topliss-reactive ketones (excluding diaryl/α,β-unsaturated/α-hetero) is 1. The Balaban J connectivity index is 1.98. The van der Waals surface area contributed by atoms with Crippen LogP contribution >= 0.6 is 0 Å². The number of hydrogen-bond donors (Lipinski definition) is 0. The average Bonchev–Trinajstić information content (AvgIpc) is 2.82. The Morgan fingerprint density at radius 2 is 2.21 bits per heavy atom. The lowest BCUT2D eigenvalue weighted by Crippen LogP contribution is -2.35. The highest BCUT2D eigenvalue weighted by molar-refractivity contribution is 5.85. The predicted molar refractivity (Wildman–Crippen MR) is 71.7 cm³/mol. The fourth-order valence-corrected chi connectivity index (χ4v) is 2.86. The maximum Gasteiger partial charge on any atom is 0.167 e. The summed E-state index contributed by atoms with van der Waals surface area (Å²) in [6, 6.07) is 0. The van der Waals surface area contributed by atoms with Crippen LogP contribution in [0.1, 0.15) is 44.7 Å². The maximum atomic E-state index is 12.4. The quantitative estimate of drug-likeness (QED) is 0.788. The van der Waals surface area contributed by atoms with Gasteiger partial charge in [-0.3, -0.25) is 9.48 Å². The topological polar surface area (TPSA) is 57.0 Å². The number of carbonyl (C=O) groups is 1. The summed E-state index contributed by atoms with van der Waals surface area (Å²) in [7, 11) is 1.81. The highest BCUT2D eigenvalue weighted by atomic mass is 16.5. The van der Waals surface area contributed by atoms with Gasteiger partial charge in [-0.15, -0.1) is 5.10 Å². The third kappa shape index (κ3) is 3.86. The Morgan fingerprint density at radius 1 is 1.47 bits per heavy atom. The first-order valence-corrected chi connectivity index (χ1v) is 7.20. The van der Waals surface area contributed by atoms with E-state index in [2.05, 4.69) is 10.3 Å². The highest BCUT2D eigenvalue weighted by Gasteiger charge is 2.30. The summed E-state index contributed by atoms with van der Waals surface area (Å²) in [6.07, 6.45) is 7.80. The van der Waals surface area contributed by atoms with E-state index < -0.39 is 0 Å². The van der Waals surface area contributed by atoms with Crippen LogP contribution in [0.25, 0.3) is 0 Å². The summed E-state index contributed by atoms with van der Waals surface area (Å²) in [4.78, 5) is 12.4. The van der Waals surface area contributed by atoms with Gasteiger partial charge in [0.05, 0.1) is 12.1 Å². The summed E-state index contributed by atoms with van der Waals surface area (Å²) in [5.41, 5.74) is 0.730. The number of ether oxygens (including phenoxy) is 1. The van der Waals surface area contributed by atoms with Crippen molar-refractivity contribution in [1.29, 1.82) is 0 Å². The summed E-state index contributed by atoms with van der Waals surface area (Å²) < 4.78 is 7.34. The van der Waals surface area contributed by atoms with Crippen molar-refractivity contribution in [3.63, 3.8) is 0 Å². The van der Waals surface area contributed by atoms with Gasteiger partial charge < -0.3 is 4.74 Å². The molecule has 1 heterocycles. The molecule has 1 atom stereocenters. The van der Waals surface area contributed by atoms with E-state index in [1.165, 1.54) is 19.3 Å². The second-order valence-corrected chi connectivity index (χ2v) is 5.30. The van der Waals surface area contributed by atoms with Crippen molar-refractivity contribution < 1.29 is 9.53 Å².